The van der Waals surface area contributed by atoms with E-state index in [0.717, 1.165) is 33.2 Å². The predicted octanol–water partition coefficient (Wildman–Crippen LogP) is 13.3. The minimum Gasteiger partial charge on any atom is -0.208 e. The van der Waals surface area contributed by atoms with E-state index in [1.54, 1.807) is 0 Å². The van der Waals surface area contributed by atoms with Gasteiger partial charge in [0.05, 0.1) is 0 Å². The lowest BCUT2D eigenvalue weighted by molar-refractivity contribution is 1.07. The zero-order valence-corrected chi connectivity index (χ0v) is 29.4. The molecule has 0 bridgehead atoms. The van der Waals surface area contributed by atoms with E-state index in [-0.39, 0.29) is 0 Å². The maximum absolute atomic E-state index is 5.10. The summed E-state index contributed by atoms with van der Waals surface area (Å²) < 4.78 is 0. The van der Waals surface area contributed by atoms with Crippen molar-refractivity contribution < 1.29 is 0 Å². The van der Waals surface area contributed by atoms with E-state index in [1.165, 1.54) is 49.2 Å². The molecule has 0 atom stereocenters. The lowest BCUT2D eigenvalue weighted by Crippen LogP contribution is -2.00. The average molecular weight is 688 g/mol. The first kappa shape index (κ1) is 31.5. The summed E-state index contributed by atoms with van der Waals surface area (Å²) in [6, 6.07) is 70.7. The number of nitrogens with zero attached hydrogens (tertiary/aromatic N) is 3. The summed E-state index contributed by atoms with van der Waals surface area (Å²) in [7, 11) is 0. The number of fused-ring (bicyclic) bond motifs is 3. The van der Waals surface area contributed by atoms with E-state index < -0.39 is 0 Å². The number of aromatic nitrogens is 3. The fourth-order valence-electron chi connectivity index (χ4n) is 7.51. The van der Waals surface area contributed by atoms with E-state index in [0.29, 0.717) is 17.5 Å². The lowest BCUT2D eigenvalue weighted by atomic mass is 9.97. The molecule has 0 saturated heterocycles. The molecule has 0 unspecified atom stereocenters. The van der Waals surface area contributed by atoms with Crippen LogP contribution in [-0.2, 0) is 0 Å². The molecular formula is C51H33N3. The van der Waals surface area contributed by atoms with E-state index in [2.05, 4.69) is 194 Å². The smallest absolute Gasteiger partial charge is 0.164 e. The summed E-state index contributed by atoms with van der Waals surface area (Å²) in [4.78, 5) is 15.3. The minimum atomic E-state index is 0.636. The summed E-state index contributed by atoms with van der Waals surface area (Å²) in [6.07, 6.45) is 0. The van der Waals surface area contributed by atoms with Crippen LogP contribution in [0.5, 0.6) is 0 Å². The molecule has 0 aliphatic rings. The molecule has 54 heavy (non-hydrogen) atoms. The van der Waals surface area contributed by atoms with Crippen LogP contribution in [0.25, 0.3) is 99.9 Å². The first-order chi connectivity index (χ1) is 26.7. The summed E-state index contributed by atoms with van der Waals surface area (Å²) in [5.41, 5.74) is 9.92. The minimum absolute atomic E-state index is 0.636. The quantitative estimate of drug-likeness (QED) is 0.175. The van der Waals surface area contributed by atoms with Gasteiger partial charge in [0.1, 0.15) is 0 Å². The highest BCUT2D eigenvalue weighted by Gasteiger charge is 2.15. The van der Waals surface area contributed by atoms with Crippen LogP contribution in [0, 0.1) is 0 Å². The Bertz CT molecular complexity index is 2820. The Hall–Kier alpha value is -7.23. The van der Waals surface area contributed by atoms with Crippen molar-refractivity contribution in [1.29, 1.82) is 0 Å². The largest absolute Gasteiger partial charge is 0.208 e. The Morgan fingerprint density at radius 3 is 1.15 bits per heavy atom. The van der Waals surface area contributed by atoms with Gasteiger partial charge >= 0.3 is 0 Å². The standard InChI is InChI=1S/C51H33N3/c1-2-10-34(11-3-1)41-28-29-43-33-44(31-30-42(43)32-41)51-53-49(39-24-20-37(21-25-39)47-18-8-14-35-12-4-6-16-45(35)47)52-50(54-51)40-26-22-38(23-27-40)48-19-9-15-36-13-5-7-17-46(36)48/h1-33H. The summed E-state index contributed by atoms with van der Waals surface area (Å²) >= 11 is 0. The maximum atomic E-state index is 5.10. The van der Waals surface area contributed by atoms with Gasteiger partial charge in [0, 0.05) is 16.7 Å². The topological polar surface area (TPSA) is 38.7 Å². The lowest BCUT2D eigenvalue weighted by Gasteiger charge is -2.11. The molecular weight excluding hydrogens is 655 g/mol. The molecule has 0 saturated carbocycles. The van der Waals surface area contributed by atoms with Crippen LogP contribution in [0.1, 0.15) is 0 Å². The highest BCUT2D eigenvalue weighted by molar-refractivity contribution is 5.98. The van der Waals surface area contributed by atoms with Gasteiger partial charge in [-0.2, -0.15) is 0 Å². The van der Waals surface area contributed by atoms with Gasteiger partial charge < -0.3 is 0 Å². The van der Waals surface area contributed by atoms with E-state index in [4.69, 9.17) is 15.0 Å². The fraction of sp³-hybridized carbons (Fsp3) is 0. The predicted molar refractivity (Wildman–Crippen MR) is 225 cm³/mol. The molecule has 0 amide bonds. The second kappa shape index (κ2) is 13.4. The molecule has 10 rings (SSSR count). The van der Waals surface area contributed by atoms with Crippen molar-refractivity contribution in [2.24, 2.45) is 0 Å². The van der Waals surface area contributed by atoms with Crippen molar-refractivity contribution in [3.8, 4) is 67.5 Å². The first-order valence-electron chi connectivity index (χ1n) is 18.3. The molecule has 3 nitrogen and oxygen atoms in total. The van der Waals surface area contributed by atoms with Crippen molar-refractivity contribution >= 4 is 32.3 Å². The van der Waals surface area contributed by atoms with Crippen LogP contribution in [0.4, 0.5) is 0 Å². The molecule has 9 aromatic carbocycles. The van der Waals surface area contributed by atoms with Crippen molar-refractivity contribution in [3.05, 3.63) is 200 Å². The first-order valence-corrected chi connectivity index (χ1v) is 18.3. The van der Waals surface area contributed by atoms with Gasteiger partial charge in [-0.15, -0.1) is 0 Å². The SMILES string of the molecule is c1ccc(-c2ccc3cc(-c4nc(-c5ccc(-c6cccc7ccccc67)cc5)nc(-c5ccc(-c6cccc7ccccc67)cc5)n4)ccc3c2)cc1. The molecule has 3 heteroatoms. The van der Waals surface area contributed by atoms with Crippen LogP contribution in [0.15, 0.2) is 200 Å². The van der Waals surface area contributed by atoms with Crippen LogP contribution in [0.3, 0.4) is 0 Å². The molecule has 0 aliphatic heterocycles. The zero-order valence-electron chi connectivity index (χ0n) is 29.4. The molecule has 252 valence electrons. The third-order valence-electron chi connectivity index (χ3n) is 10.3. The Morgan fingerprint density at radius 2 is 0.611 bits per heavy atom. The van der Waals surface area contributed by atoms with Gasteiger partial charge in [0.15, 0.2) is 17.5 Å². The highest BCUT2D eigenvalue weighted by Crippen LogP contribution is 2.34. The fourth-order valence-corrected chi connectivity index (χ4v) is 7.51. The second-order valence-corrected chi connectivity index (χ2v) is 13.7. The normalized spacial score (nSPS) is 11.3. The Kier molecular flexibility index (Phi) is 7.81. The van der Waals surface area contributed by atoms with Crippen LogP contribution in [0.2, 0.25) is 0 Å². The van der Waals surface area contributed by atoms with E-state index in [9.17, 15) is 0 Å². The van der Waals surface area contributed by atoms with E-state index in [1.807, 2.05) is 6.07 Å². The zero-order chi connectivity index (χ0) is 35.8. The maximum Gasteiger partial charge on any atom is 0.164 e. The summed E-state index contributed by atoms with van der Waals surface area (Å²) in [6.45, 7) is 0. The molecule has 0 N–H and O–H groups in total. The third kappa shape index (κ3) is 5.88. The van der Waals surface area contributed by atoms with Gasteiger partial charge in [-0.1, -0.05) is 188 Å². The Morgan fingerprint density at radius 1 is 0.222 bits per heavy atom. The number of benzene rings is 9. The Balaban J connectivity index is 1.06. The van der Waals surface area contributed by atoms with Crippen molar-refractivity contribution in [2.45, 2.75) is 0 Å². The van der Waals surface area contributed by atoms with E-state index >= 15 is 0 Å². The average Bonchev–Trinajstić information content (AvgIpc) is 3.26. The molecule has 10 aromatic rings. The molecule has 0 radical (unpaired) electrons. The molecule has 1 aromatic heterocycles. The van der Waals surface area contributed by atoms with Gasteiger partial charge in [-0.25, -0.2) is 15.0 Å². The van der Waals surface area contributed by atoms with Gasteiger partial charge in [0.25, 0.3) is 0 Å². The number of hydrogen-bond donors (Lipinski definition) is 0. The number of rotatable bonds is 6. The van der Waals surface area contributed by atoms with Gasteiger partial charge in [0.2, 0.25) is 0 Å². The van der Waals surface area contributed by atoms with Gasteiger partial charge in [-0.05, 0) is 77.8 Å². The second-order valence-electron chi connectivity index (χ2n) is 13.7. The third-order valence-corrected chi connectivity index (χ3v) is 10.3. The molecule has 0 spiro atoms. The highest BCUT2D eigenvalue weighted by atomic mass is 15.0. The van der Waals surface area contributed by atoms with Crippen LogP contribution in [-0.4, -0.2) is 15.0 Å². The number of hydrogen-bond acceptors (Lipinski definition) is 3. The Labute approximate surface area is 313 Å². The summed E-state index contributed by atoms with van der Waals surface area (Å²) in [5.74, 6) is 1.91. The monoisotopic (exact) mass is 687 g/mol. The van der Waals surface area contributed by atoms with Gasteiger partial charge in [-0.3, -0.25) is 0 Å². The van der Waals surface area contributed by atoms with Crippen LogP contribution >= 0.6 is 0 Å². The van der Waals surface area contributed by atoms with Crippen molar-refractivity contribution in [2.75, 3.05) is 0 Å². The van der Waals surface area contributed by atoms with Crippen molar-refractivity contribution in [1.82, 2.24) is 15.0 Å². The summed E-state index contributed by atoms with van der Waals surface area (Å²) in [5, 5.41) is 7.22. The molecule has 0 fully saturated rings. The van der Waals surface area contributed by atoms with Crippen molar-refractivity contribution in [3.63, 3.8) is 0 Å². The molecule has 1 heterocycles. The van der Waals surface area contributed by atoms with Crippen LogP contribution < -0.4 is 0 Å². The molecule has 0 aliphatic carbocycles.